The van der Waals surface area contributed by atoms with Crippen LogP contribution in [0.1, 0.15) is 44.9 Å². The largest absolute Gasteiger partial charge is 0.461 e. The van der Waals surface area contributed by atoms with Crippen LogP contribution in [0.4, 0.5) is 0 Å². The highest BCUT2D eigenvalue weighted by Gasteiger charge is 2.38. The second kappa shape index (κ2) is 9.65. The predicted molar refractivity (Wildman–Crippen MR) is 105 cm³/mol. The van der Waals surface area contributed by atoms with Gasteiger partial charge in [-0.15, -0.1) is 23.4 Å². The molecule has 1 aromatic rings. The van der Waals surface area contributed by atoms with Gasteiger partial charge < -0.3 is 9.64 Å². The Morgan fingerprint density at radius 1 is 1.12 bits per heavy atom. The molecule has 1 aromatic carbocycles. The van der Waals surface area contributed by atoms with Crippen LogP contribution in [0.2, 0.25) is 0 Å². The average Bonchev–Trinajstić information content (AvgIpc) is 3.17. The van der Waals surface area contributed by atoms with E-state index in [4.69, 9.17) is 16.3 Å². The van der Waals surface area contributed by atoms with E-state index in [2.05, 4.69) is 0 Å². The van der Waals surface area contributed by atoms with Crippen molar-refractivity contribution in [3.05, 3.63) is 30.3 Å². The van der Waals surface area contributed by atoms with E-state index >= 15 is 0 Å². The van der Waals surface area contributed by atoms with Crippen LogP contribution in [0.5, 0.6) is 0 Å². The minimum Gasteiger partial charge on any atom is -0.461 e. The highest BCUT2D eigenvalue weighted by molar-refractivity contribution is 7.99. The topological polar surface area (TPSA) is 46.6 Å². The second-order valence-corrected chi connectivity index (χ2v) is 8.60. The Morgan fingerprint density at radius 2 is 1.85 bits per heavy atom. The molecule has 1 amide bonds. The van der Waals surface area contributed by atoms with E-state index in [1.165, 1.54) is 6.42 Å². The third kappa shape index (κ3) is 5.17. The first-order chi connectivity index (χ1) is 12.6. The van der Waals surface area contributed by atoms with Crippen molar-refractivity contribution in [2.75, 3.05) is 12.3 Å². The Kier molecular flexibility index (Phi) is 7.26. The molecule has 1 aliphatic heterocycles. The summed E-state index contributed by atoms with van der Waals surface area (Å²) in [4.78, 5) is 28.0. The number of hydrogen-bond acceptors (Lipinski definition) is 4. The van der Waals surface area contributed by atoms with Crippen LogP contribution in [0.15, 0.2) is 35.2 Å². The number of ether oxygens (including phenoxy) is 1. The highest BCUT2D eigenvalue weighted by Crippen LogP contribution is 2.27. The molecule has 0 aromatic heterocycles. The molecule has 4 nitrogen and oxygen atoms in total. The lowest BCUT2D eigenvalue weighted by atomic mass is 9.98. The normalized spacial score (nSPS) is 22.2. The molecule has 0 bridgehead atoms. The number of rotatable bonds is 6. The fraction of sp³-hybridized carbons (Fsp3) is 0.600. The smallest absolute Gasteiger partial charge is 0.329 e. The van der Waals surface area contributed by atoms with Gasteiger partial charge in [0.1, 0.15) is 17.5 Å². The van der Waals surface area contributed by atoms with Crippen molar-refractivity contribution in [2.45, 2.75) is 67.4 Å². The van der Waals surface area contributed by atoms with Gasteiger partial charge in [0.05, 0.1) is 0 Å². The summed E-state index contributed by atoms with van der Waals surface area (Å²) >= 11 is 7.92. The molecule has 0 spiro atoms. The van der Waals surface area contributed by atoms with E-state index in [0.717, 1.165) is 37.0 Å². The van der Waals surface area contributed by atoms with Crippen LogP contribution in [0, 0.1) is 0 Å². The van der Waals surface area contributed by atoms with Crippen LogP contribution < -0.4 is 0 Å². The van der Waals surface area contributed by atoms with E-state index in [0.29, 0.717) is 18.7 Å². The molecule has 1 aliphatic carbocycles. The number of likely N-dealkylation sites (tertiary alicyclic amines) is 1. The van der Waals surface area contributed by atoms with Gasteiger partial charge in [-0.3, -0.25) is 4.79 Å². The van der Waals surface area contributed by atoms with E-state index in [1.807, 2.05) is 30.3 Å². The van der Waals surface area contributed by atoms with E-state index in [-0.39, 0.29) is 18.0 Å². The Hall–Kier alpha value is -1.20. The van der Waals surface area contributed by atoms with Gasteiger partial charge in [0.2, 0.25) is 5.91 Å². The minimum atomic E-state index is -0.636. The first kappa shape index (κ1) is 19.6. The van der Waals surface area contributed by atoms with Crippen LogP contribution >= 0.6 is 23.4 Å². The van der Waals surface area contributed by atoms with Gasteiger partial charge in [-0.2, -0.15) is 0 Å². The number of thioether (sulfide) groups is 1. The number of esters is 1. The maximum Gasteiger partial charge on any atom is 0.329 e. The Morgan fingerprint density at radius 3 is 2.58 bits per heavy atom. The third-order valence-corrected chi connectivity index (χ3v) is 6.68. The fourth-order valence-corrected chi connectivity index (χ4v) is 4.78. The van der Waals surface area contributed by atoms with Gasteiger partial charge in [0.25, 0.3) is 0 Å². The van der Waals surface area contributed by atoms with Crippen LogP contribution in [0.3, 0.4) is 0 Å². The molecular formula is C20H26ClNO3S. The molecule has 26 heavy (non-hydrogen) atoms. The quantitative estimate of drug-likeness (QED) is 0.410. The fourth-order valence-electron chi connectivity index (χ4n) is 3.64. The van der Waals surface area contributed by atoms with Gasteiger partial charge in [-0.25, -0.2) is 4.79 Å². The van der Waals surface area contributed by atoms with Crippen molar-refractivity contribution in [2.24, 2.45) is 0 Å². The zero-order valence-corrected chi connectivity index (χ0v) is 16.5. The van der Waals surface area contributed by atoms with Crippen molar-refractivity contribution in [1.82, 2.24) is 4.90 Å². The Labute approximate surface area is 164 Å². The SMILES string of the molecule is O=C(OC1CCCCC1)[C@@H]1CCCN1C(=O)[C@H](Cl)CSc1ccccc1. The van der Waals surface area contributed by atoms with Gasteiger partial charge in [-0.1, -0.05) is 24.6 Å². The average molecular weight is 396 g/mol. The summed E-state index contributed by atoms with van der Waals surface area (Å²) in [5.41, 5.74) is 0. The number of carbonyl (C=O) groups excluding carboxylic acids is 2. The van der Waals surface area contributed by atoms with Gasteiger partial charge in [0, 0.05) is 17.2 Å². The summed E-state index contributed by atoms with van der Waals surface area (Å²) in [7, 11) is 0. The summed E-state index contributed by atoms with van der Waals surface area (Å²) in [6, 6.07) is 9.42. The van der Waals surface area contributed by atoms with Gasteiger partial charge >= 0.3 is 5.97 Å². The highest BCUT2D eigenvalue weighted by atomic mass is 35.5. The summed E-state index contributed by atoms with van der Waals surface area (Å²) < 4.78 is 5.68. The Bertz CT molecular complexity index is 606. The molecule has 2 fully saturated rings. The predicted octanol–water partition coefficient (Wildman–Crippen LogP) is 4.25. The van der Waals surface area contributed by atoms with Crippen molar-refractivity contribution < 1.29 is 14.3 Å². The molecule has 6 heteroatoms. The lowest BCUT2D eigenvalue weighted by Gasteiger charge is -2.28. The maximum atomic E-state index is 12.7. The molecule has 0 radical (unpaired) electrons. The number of alkyl halides is 1. The number of benzene rings is 1. The number of nitrogens with zero attached hydrogens (tertiary/aromatic N) is 1. The number of hydrogen-bond donors (Lipinski definition) is 0. The Balaban J connectivity index is 1.52. The van der Waals surface area contributed by atoms with Crippen LogP contribution in [-0.4, -0.2) is 46.6 Å². The molecule has 0 N–H and O–H groups in total. The molecule has 1 heterocycles. The zero-order chi connectivity index (χ0) is 18.4. The molecule has 3 rings (SSSR count). The van der Waals surface area contributed by atoms with E-state index in [9.17, 15) is 9.59 Å². The first-order valence-electron chi connectivity index (χ1n) is 9.48. The van der Waals surface area contributed by atoms with Crippen LogP contribution in [0.25, 0.3) is 0 Å². The zero-order valence-electron chi connectivity index (χ0n) is 14.9. The van der Waals surface area contributed by atoms with Crippen molar-refractivity contribution in [3.63, 3.8) is 0 Å². The van der Waals surface area contributed by atoms with E-state index in [1.54, 1.807) is 16.7 Å². The summed E-state index contributed by atoms with van der Waals surface area (Å²) in [6.45, 7) is 0.586. The molecule has 1 saturated carbocycles. The lowest BCUT2D eigenvalue weighted by Crippen LogP contribution is -2.46. The number of carbonyl (C=O) groups is 2. The molecular weight excluding hydrogens is 370 g/mol. The lowest BCUT2D eigenvalue weighted by molar-refractivity contribution is -0.159. The van der Waals surface area contributed by atoms with Crippen LogP contribution in [-0.2, 0) is 14.3 Å². The number of halogens is 1. The molecule has 2 aliphatic rings. The van der Waals surface area contributed by atoms with Crippen molar-refractivity contribution in [1.29, 1.82) is 0 Å². The molecule has 1 saturated heterocycles. The van der Waals surface area contributed by atoms with Gasteiger partial charge in [-0.05, 0) is 50.7 Å². The van der Waals surface area contributed by atoms with Crippen molar-refractivity contribution in [3.8, 4) is 0 Å². The maximum absolute atomic E-state index is 12.7. The molecule has 142 valence electrons. The third-order valence-electron chi connectivity index (χ3n) is 5.05. The minimum absolute atomic E-state index is 0.0224. The van der Waals surface area contributed by atoms with E-state index < -0.39 is 11.4 Å². The second-order valence-electron chi connectivity index (χ2n) is 6.98. The first-order valence-corrected chi connectivity index (χ1v) is 10.9. The standard InChI is InChI=1S/C20H26ClNO3S/c21-17(14-26-16-10-5-2-6-11-16)19(23)22-13-7-12-18(22)20(24)25-15-8-3-1-4-9-15/h2,5-6,10-11,15,17-18H,1,3-4,7-9,12-14H2/t17-,18+/m1/s1. The summed E-state index contributed by atoms with van der Waals surface area (Å²) in [6.07, 6.45) is 6.86. The summed E-state index contributed by atoms with van der Waals surface area (Å²) in [5.74, 6) is 0.0891. The summed E-state index contributed by atoms with van der Waals surface area (Å²) in [5, 5.41) is -0.636. The monoisotopic (exact) mass is 395 g/mol. The van der Waals surface area contributed by atoms with Gasteiger partial charge in [0.15, 0.2) is 0 Å². The molecule has 0 unspecified atom stereocenters. The number of amides is 1. The molecule has 2 atom stereocenters. The van der Waals surface area contributed by atoms with Crippen molar-refractivity contribution >= 4 is 35.2 Å².